The van der Waals surface area contributed by atoms with E-state index in [1.807, 2.05) is 50.2 Å². The minimum atomic E-state index is -0.434. The topological polar surface area (TPSA) is 93.8 Å². The van der Waals surface area contributed by atoms with Crippen molar-refractivity contribution in [3.8, 4) is 5.75 Å². The lowest BCUT2D eigenvalue weighted by Crippen LogP contribution is -2.19. The molecule has 3 aromatic carbocycles. The van der Waals surface area contributed by atoms with Gasteiger partial charge in [0.05, 0.1) is 15.5 Å². The Morgan fingerprint density at radius 2 is 1.88 bits per heavy atom. The third-order valence-electron chi connectivity index (χ3n) is 4.93. The molecule has 4 rings (SSSR count). The summed E-state index contributed by atoms with van der Waals surface area (Å²) in [5.74, 6) is 0.441. The lowest BCUT2D eigenvalue weighted by atomic mass is 10.1. The fourth-order valence-electron chi connectivity index (χ4n) is 3.25. The van der Waals surface area contributed by atoms with Gasteiger partial charge >= 0.3 is 0 Å². The van der Waals surface area contributed by atoms with E-state index in [1.54, 1.807) is 18.2 Å². The van der Waals surface area contributed by atoms with Gasteiger partial charge in [-0.25, -0.2) is 4.99 Å². The standard InChI is InChI=1S/C25H21N3O4S/c1-16-6-11-22(17(2)12-16)26-25-27-24(29)23(33-25)14-19-4-3-5-21(13-19)32-15-18-7-9-20(10-8-18)28(30)31/h3-14H,15H2,1-2H3,(H,26,27,29)/b23-14+. The summed E-state index contributed by atoms with van der Waals surface area (Å²) in [4.78, 5) is 27.9. The number of carbonyl (C=O) groups is 1. The van der Waals surface area contributed by atoms with Crippen LogP contribution < -0.4 is 10.1 Å². The summed E-state index contributed by atoms with van der Waals surface area (Å²) >= 11 is 1.30. The molecule has 0 bridgehead atoms. The van der Waals surface area contributed by atoms with Crippen molar-refractivity contribution in [3.05, 3.63) is 104 Å². The number of benzene rings is 3. The van der Waals surface area contributed by atoms with Gasteiger partial charge in [-0.1, -0.05) is 29.8 Å². The maximum absolute atomic E-state index is 12.4. The Morgan fingerprint density at radius 3 is 2.61 bits per heavy atom. The molecule has 1 saturated heterocycles. The Kier molecular flexibility index (Phi) is 6.55. The SMILES string of the molecule is Cc1ccc(N=C2NC(=O)/C(=C\c3cccc(OCc4ccc([N+](=O)[O-])cc4)c3)S2)c(C)c1. The van der Waals surface area contributed by atoms with Gasteiger partial charge in [0, 0.05) is 12.1 Å². The average molecular weight is 460 g/mol. The fourth-order valence-corrected chi connectivity index (χ4v) is 4.08. The average Bonchev–Trinajstić information content (AvgIpc) is 3.13. The van der Waals surface area contributed by atoms with Crippen LogP contribution in [-0.4, -0.2) is 16.0 Å². The van der Waals surface area contributed by atoms with Crippen LogP contribution in [0.5, 0.6) is 5.75 Å². The maximum atomic E-state index is 12.4. The van der Waals surface area contributed by atoms with Crippen molar-refractivity contribution >= 4 is 40.3 Å². The number of aryl methyl sites for hydroxylation is 2. The quantitative estimate of drug-likeness (QED) is 0.291. The number of aliphatic imine (C=N–C) groups is 1. The maximum Gasteiger partial charge on any atom is 0.269 e. The van der Waals surface area contributed by atoms with Crippen molar-refractivity contribution in [2.24, 2.45) is 4.99 Å². The molecule has 1 aliphatic heterocycles. The van der Waals surface area contributed by atoms with Gasteiger partial charge in [-0.15, -0.1) is 0 Å². The Morgan fingerprint density at radius 1 is 1.09 bits per heavy atom. The molecule has 7 nitrogen and oxygen atoms in total. The highest BCUT2D eigenvalue weighted by Crippen LogP contribution is 2.30. The molecule has 1 fully saturated rings. The first-order valence-corrected chi connectivity index (χ1v) is 11.0. The van der Waals surface area contributed by atoms with Crippen molar-refractivity contribution < 1.29 is 14.5 Å². The van der Waals surface area contributed by atoms with Crippen LogP contribution in [0.3, 0.4) is 0 Å². The van der Waals surface area contributed by atoms with Crippen LogP contribution in [-0.2, 0) is 11.4 Å². The molecule has 166 valence electrons. The van der Waals surface area contributed by atoms with Gasteiger partial charge in [-0.05, 0) is 78.7 Å². The van der Waals surface area contributed by atoms with E-state index in [4.69, 9.17) is 4.74 Å². The summed E-state index contributed by atoms with van der Waals surface area (Å²) in [5, 5.41) is 14.1. The Balaban J connectivity index is 1.44. The number of amidine groups is 1. The minimum Gasteiger partial charge on any atom is -0.489 e. The number of nitrogens with zero attached hydrogens (tertiary/aromatic N) is 2. The molecular formula is C25H21N3O4S. The molecule has 1 heterocycles. The van der Waals surface area contributed by atoms with Gasteiger partial charge in [0.1, 0.15) is 12.4 Å². The summed E-state index contributed by atoms with van der Waals surface area (Å²) < 4.78 is 5.82. The van der Waals surface area contributed by atoms with Crippen LogP contribution in [0.1, 0.15) is 22.3 Å². The predicted octanol–water partition coefficient (Wildman–Crippen LogP) is 5.68. The summed E-state index contributed by atoms with van der Waals surface area (Å²) in [6.07, 6.45) is 1.79. The first-order valence-electron chi connectivity index (χ1n) is 10.2. The van der Waals surface area contributed by atoms with Crippen molar-refractivity contribution in [2.75, 3.05) is 0 Å². The number of nitrogens with one attached hydrogen (secondary N) is 1. The zero-order chi connectivity index (χ0) is 23.4. The normalized spacial score (nSPS) is 15.6. The van der Waals surface area contributed by atoms with Crippen molar-refractivity contribution in [3.63, 3.8) is 0 Å². The second kappa shape index (κ2) is 9.70. The lowest BCUT2D eigenvalue weighted by molar-refractivity contribution is -0.384. The number of non-ortho nitro benzene ring substituents is 1. The fraction of sp³-hybridized carbons (Fsp3) is 0.120. The predicted molar refractivity (Wildman–Crippen MR) is 131 cm³/mol. The van der Waals surface area contributed by atoms with E-state index in [0.717, 1.165) is 27.9 Å². The summed E-state index contributed by atoms with van der Waals surface area (Å²) in [7, 11) is 0. The van der Waals surface area contributed by atoms with Gasteiger partial charge in [0.15, 0.2) is 5.17 Å². The van der Waals surface area contributed by atoms with E-state index in [-0.39, 0.29) is 18.2 Å². The zero-order valence-corrected chi connectivity index (χ0v) is 18.9. The van der Waals surface area contributed by atoms with E-state index in [0.29, 0.717) is 15.8 Å². The van der Waals surface area contributed by atoms with Gasteiger partial charge in [-0.3, -0.25) is 14.9 Å². The molecular weight excluding hydrogens is 438 g/mol. The molecule has 0 aromatic heterocycles. The van der Waals surface area contributed by atoms with Gasteiger partial charge in [0.2, 0.25) is 0 Å². The number of nitro groups is 1. The van der Waals surface area contributed by atoms with Crippen LogP contribution in [0, 0.1) is 24.0 Å². The van der Waals surface area contributed by atoms with Crippen LogP contribution >= 0.6 is 11.8 Å². The number of amides is 1. The highest BCUT2D eigenvalue weighted by Gasteiger charge is 2.24. The first kappa shape index (κ1) is 22.3. The van der Waals surface area contributed by atoms with Crippen molar-refractivity contribution in [2.45, 2.75) is 20.5 Å². The monoisotopic (exact) mass is 459 g/mol. The van der Waals surface area contributed by atoms with Gasteiger partial charge < -0.3 is 10.1 Å². The molecule has 0 radical (unpaired) electrons. The smallest absolute Gasteiger partial charge is 0.269 e. The Bertz CT molecular complexity index is 1280. The van der Waals surface area contributed by atoms with E-state index in [9.17, 15) is 14.9 Å². The van der Waals surface area contributed by atoms with Crippen molar-refractivity contribution in [1.29, 1.82) is 0 Å². The third-order valence-corrected chi connectivity index (χ3v) is 5.84. The van der Waals surface area contributed by atoms with Crippen LogP contribution in [0.2, 0.25) is 0 Å². The third kappa shape index (κ3) is 5.67. The van der Waals surface area contributed by atoms with E-state index < -0.39 is 4.92 Å². The molecule has 0 unspecified atom stereocenters. The highest BCUT2D eigenvalue weighted by atomic mass is 32.2. The molecule has 8 heteroatoms. The Labute approximate surface area is 195 Å². The number of hydrogen-bond acceptors (Lipinski definition) is 6. The molecule has 3 aromatic rings. The number of nitro benzene ring substituents is 1. The molecule has 1 amide bonds. The second-order valence-corrected chi connectivity index (χ2v) is 8.59. The molecule has 0 aliphatic carbocycles. The highest BCUT2D eigenvalue weighted by molar-refractivity contribution is 8.18. The molecule has 0 saturated carbocycles. The minimum absolute atomic E-state index is 0.0418. The Hall–Kier alpha value is -3.91. The second-order valence-electron chi connectivity index (χ2n) is 7.56. The van der Waals surface area contributed by atoms with Crippen molar-refractivity contribution in [1.82, 2.24) is 5.32 Å². The number of rotatable bonds is 6. The van der Waals surface area contributed by atoms with Crippen LogP contribution in [0.25, 0.3) is 6.08 Å². The molecule has 1 N–H and O–H groups in total. The largest absolute Gasteiger partial charge is 0.489 e. The number of ether oxygens (including phenoxy) is 1. The number of thioether (sulfide) groups is 1. The summed E-state index contributed by atoms with van der Waals surface area (Å²) in [6, 6.07) is 19.6. The zero-order valence-electron chi connectivity index (χ0n) is 18.1. The van der Waals surface area contributed by atoms with E-state index >= 15 is 0 Å². The van der Waals surface area contributed by atoms with Crippen LogP contribution in [0.4, 0.5) is 11.4 Å². The summed E-state index contributed by atoms with van der Waals surface area (Å²) in [5.41, 5.74) is 4.72. The number of carbonyl (C=O) groups excluding carboxylic acids is 1. The van der Waals surface area contributed by atoms with Crippen LogP contribution in [0.15, 0.2) is 76.6 Å². The van der Waals surface area contributed by atoms with Gasteiger partial charge in [-0.2, -0.15) is 0 Å². The van der Waals surface area contributed by atoms with E-state index in [2.05, 4.69) is 16.4 Å². The number of hydrogen-bond donors (Lipinski definition) is 1. The molecule has 0 atom stereocenters. The first-order chi connectivity index (χ1) is 15.9. The molecule has 0 spiro atoms. The molecule has 33 heavy (non-hydrogen) atoms. The van der Waals surface area contributed by atoms with Gasteiger partial charge in [0.25, 0.3) is 11.6 Å². The summed E-state index contributed by atoms with van der Waals surface area (Å²) in [6.45, 7) is 4.30. The molecule has 1 aliphatic rings. The lowest BCUT2D eigenvalue weighted by Gasteiger charge is -2.07. The van der Waals surface area contributed by atoms with E-state index in [1.165, 1.54) is 23.9 Å².